The van der Waals surface area contributed by atoms with Crippen LogP contribution >= 0.6 is 0 Å². The Balaban J connectivity index is 0.00000169. The second kappa shape index (κ2) is 6.81. The Morgan fingerprint density at radius 2 is 1.93 bits per heavy atom. The summed E-state index contributed by atoms with van der Waals surface area (Å²) in [5.41, 5.74) is 0.788. The minimum atomic E-state index is -0.0656. The van der Waals surface area contributed by atoms with E-state index >= 15 is 0 Å². The molecule has 1 N–H and O–H groups in total. The van der Waals surface area contributed by atoms with Crippen LogP contribution in [0.3, 0.4) is 0 Å². The third kappa shape index (κ3) is 4.59. The quantitative estimate of drug-likeness (QED) is 0.789. The molecule has 0 fully saturated rings. The molecule has 0 saturated carbocycles. The summed E-state index contributed by atoms with van der Waals surface area (Å²) in [6.07, 6.45) is 0. The van der Waals surface area contributed by atoms with Crippen LogP contribution in [0.2, 0.25) is 0 Å². The molecule has 1 amide bonds. The standard InChI is InChI=1S/C10H13NO2.Pb.2H/c1-3-13-10-6-4-9(5-7-10)11-8(2)12;;;/h4-7H,3H2,1-2H3,(H,11,12);;;. The molecule has 1 aromatic carbocycles. The van der Waals surface area contributed by atoms with E-state index in [9.17, 15) is 4.79 Å². The molecule has 1 rings (SSSR count). The first-order valence-corrected chi connectivity index (χ1v) is 4.23. The van der Waals surface area contributed by atoms with Crippen molar-refractivity contribution in [3.63, 3.8) is 0 Å². The maximum absolute atomic E-state index is 10.7. The van der Waals surface area contributed by atoms with Gasteiger partial charge in [0, 0.05) is 12.6 Å². The van der Waals surface area contributed by atoms with Crippen molar-refractivity contribution in [2.45, 2.75) is 13.8 Å². The average molecular weight is 388 g/mol. The van der Waals surface area contributed by atoms with Gasteiger partial charge in [0.15, 0.2) is 0 Å². The van der Waals surface area contributed by atoms with Crippen molar-refractivity contribution < 1.29 is 9.53 Å². The molecule has 3 nitrogen and oxygen atoms in total. The Morgan fingerprint density at radius 1 is 1.36 bits per heavy atom. The molecule has 0 aliphatic rings. The Kier molecular flexibility index (Phi) is 6.52. The number of nitrogens with one attached hydrogen (secondary N) is 1. The van der Waals surface area contributed by atoms with Crippen LogP contribution in [-0.2, 0) is 4.79 Å². The van der Waals surface area contributed by atoms with Crippen molar-refractivity contribution in [2.75, 3.05) is 11.9 Å². The van der Waals surface area contributed by atoms with Crippen molar-refractivity contribution in [1.82, 2.24) is 0 Å². The molecule has 0 atom stereocenters. The first-order chi connectivity index (χ1) is 6.22. The third-order valence-electron chi connectivity index (χ3n) is 1.49. The van der Waals surface area contributed by atoms with Gasteiger partial charge in [0.05, 0.1) is 6.61 Å². The molecule has 0 unspecified atom stereocenters. The first kappa shape index (κ1) is 13.4. The summed E-state index contributed by atoms with van der Waals surface area (Å²) in [5.74, 6) is 0.751. The average Bonchev–Trinajstić information content (AvgIpc) is 2.08. The summed E-state index contributed by atoms with van der Waals surface area (Å²) in [7, 11) is 0. The van der Waals surface area contributed by atoms with Gasteiger partial charge in [-0.15, -0.1) is 0 Å². The van der Waals surface area contributed by atoms with E-state index in [0.717, 1.165) is 11.4 Å². The number of hydrogen-bond donors (Lipinski definition) is 1. The van der Waals surface area contributed by atoms with Crippen molar-refractivity contribution in [1.29, 1.82) is 0 Å². The summed E-state index contributed by atoms with van der Waals surface area (Å²) < 4.78 is 5.25. The molecule has 0 aliphatic heterocycles. The van der Waals surface area contributed by atoms with Crippen LogP contribution in [-0.4, -0.2) is 39.8 Å². The van der Waals surface area contributed by atoms with E-state index in [0.29, 0.717) is 6.61 Å². The van der Waals surface area contributed by atoms with Crippen molar-refractivity contribution in [2.24, 2.45) is 0 Å². The molecule has 0 aromatic heterocycles. The fraction of sp³-hybridized carbons (Fsp3) is 0.300. The number of ether oxygens (including phenoxy) is 1. The molecule has 0 bridgehead atoms. The predicted octanol–water partition coefficient (Wildman–Crippen LogP) is 1.13. The van der Waals surface area contributed by atoms with Gasteiger partial charge in [-0.25, -0.2) is 0 Å². The van der Waals surface area contributed by atoms with Crippen LogP contribution in [0.25, 0.3) is 0 Å². The zero-order valence-corrected chi connectivity index (χ0v) is 14.0. The number of hydrogen-bond acceptors (Lipinski definition) is 2. The van der Waals surface area contributed by atoms with Gasteiger partial charge >= 0.3 is 27.3 Å². The zero-order chi connectivity index (χ0) is 9.68. The van der Waals surface area contributed by atoms with E-state index in [1.54, 1.807) is 0 Å². The van der Waals surface area contributed by atoms with Crippen molar-refractivity contribution >= 4 is 38.9 Å². The van der Waals surface area contributed by atoms with Gasteiger partial charge in [-0.3, -0.25) is 4.79 Å². The maximum atomic E-state index is 10.7. The normalized spacial score (nSPS) is 8.71. The zero-order valence-electron chi connectivity index (χ0n) is 8.54. The number of rotatable bonds is 3. The first-order valence-electron chi connectivity index (χ1n) is 4.23. The van der Waals surface area contributed by atoms with Crippen LogP contribution in [0, 0.1) is 0 Å². The summed E-state index contributed by atoms with van der Waals surface area (Å²) in [6, 6.07) is 7.28. The van der Waals surface area contributed by atoms with Gasteiger partial charge in [0.25, 0.3) is 0 Å². The van der Waals surface area contributed by atoms with Gasteiger partial charge in [0.1, 0.15) is 5.75 Å². The van der Waals surface area contributed by atoms with Crippen LogP contribution in [0.1, 0.15) is 13.8 Å². The number of anilines is 1. The van der Waals surface area contributed by atoms with Gasteiger partial charge in [0.2, 0.25) is 5.91 Å². The summed E-state index contributed by atoms with van der Waals surface area (Å²) in [4.78, 5) is 10.7. The Bertz CT molecular complexity index is 285. The van der Waals surface area contributed by atoms with Gasteiger partial charge in [-0.2, -0.15) is 0 Å². The van der Waals surface area contributed by atoms with Crippen LogP contribution in [0.5, 0.6) is 5.75 Å². The summed E-state index contributed by atoms with van der Waals surface area (Å²) >= 11 is 0. The minimum absolute atomic E-state index is 0. The fourth-order valence-corrected chi connectivity index (χ4v) is 1.00. The van der Waals surface area contributed by atoms with E-state index in [4.69, 9.17) is 4.74 Å². The molecule has 0 aliphatic carbocycles. The molecule has 76 valence electrons. The molecule has 1 aromatic rings. The van der Waals surface area contributed by atoms with Crippen LogP contribution in [0.15, 0.2) is 24.3 Å². The van der Waals surface area contributed by atoms with Crippen LogP contribution < -0.4 is 10.1 Å². The second-order valence-corrected chi connectivity index (χ2v) is 2.64. The Morgan fingerprint density at radius 3 is 2.36 bits per heavy atom. The number of benzene rings is 1. The Hall–Kier alpha value is -0.588. The molecule has 0 saturated heterocycles. The van der Waals surface area contributed by atoms with Crippen molar-refractivity contribution in [3.8, 4) is 5.75 Å². The van der Waals surface area contributed by atoms with E-state index in [1.165, 1.54) is 6.92 Å². The molecule has 4 heteroatoms. The predicted molar refractivity (Wildman–Crippen MR) is 60.5 cm³/mol. The molecular weight excluding hydrogens is 373 g/mol. The monoisotopic (exact) mass is 389 g/mol. The van der Waals surface area contributed by atoms with E-state index in [2.05, 4.69) is 5.32 Å². The topological polar surface area (TPSA) is 38.3 Å². The molecule has 14 heavy (non-hydrogen) atoms. The van der Waals surface area contributed by atoms with E-state index in [1.807, 2.05) is 31.2 Å². The van der Waals surface area contributed by atoms with Crippen molar-refractivity contribution in [3.05, 3.63) is 24.3 Å². The molecule has 2 radical (unpaired) electrons. The second-order valence-electron chi connectivity index (χ2n) is 2.64. The van der Waals surface area contributed by atoms with Crippen LogP contribution in [0.4, 0.5) is 5.69 Å². The van der Waals surface area contributed by atoms with E-state index in [-0.39, 0.29) is 33.2 Å². The number of amides is 1. The molecular formula is C10H15NO2Pb. The molecule has 0 heterocycles. The molecule has 0 spiro atoms. The van der Waals surface area contributed by atoms with Gasteiger partial charge < -0.3 is 10.1 Å². The van der Waals surface area contributed by atoms with Gasteiger partial charge in [-0.05, 0) is 31.2 Å². The number of carbonyl (C=O) groups is 1. The summed E-state index contributed by atoms with van der Waals surface area (Å²) in [6.45, 7) is 4.07. The summed E-state index contributed by atoms with van der Waals surface area (Å²) in [5, 5.41) is 2.68. The Labute approximate surface area is 104 Å². The van der Waals surface area contributed by atoms with Gasteiger partial charge in [-0.1, -0.05) is 0 Å². The fourth-order valence-electron chi connectivity index (χ4n) is 1.00. The number of carbonyl (C=O) groups excluding carboxylic acids is 1. The van der Waals surface area contributed by atoms with E-state index < -0.39 is 0 Å². The SMILES string of the molecule is CCOc1ccc(NC(C)=O)cc1.[PbH2]. The third-order valence-corrected chi connectivity index (χ3v) is 1.49.